The summed E-state index contributed by atoms with van der Waals surface area (Å²) in [6, 6.07) is 0. The van der Waals surface area contributed by atoms with Crippen molar-refractivity contribution in [3.8, 4) is 0 Å². The van der Waals surface area contributed by atoms with Crippen LogP contribution >= 0.6 is 0 Å². The minimum absolute atomic E-state index is 0.336. The van der Waals surface area contributed by atoms with E-state index in [1.165, 1.54) is 0 Å². The molecule has 1 saturated carbocycles. The zero-order valence-corrected chi connectivity index (χ0v) is 7.28. The molecule has 0 aromatic heterocycles. The molecule has 4 heteroatoms. The predicted octanol–water partition coefficient (Wildman–Crippen LogP) is 0.789. The van der Waals surface area contributed by atoms with Crippen molar-refractivity contribution < 1.29 is 19.5 Å². The molecule has 0 aromatic carbocycles. The number of Topliss-reactive ketones (excluding diaryl/α,β-unsaturated/α-hetero) is 2. The zero-order valence-electron chi connectivity index (χ0n) is 7.28. The van der Waals surface area contributed by atoms with Gasteiger partial charge >= 0.3 is 11.8 Å². The van der Waals surface area contributed by atoms with Crippen LogP contribution in [0.25, 0.3) is 0 Å². The molecule has 4 nitrogen and oxygen atoms in total. The first-order valence-corrected chi connectivity index (χ1v) is 4.44. The Morgan fingerprint density at radius 1 is 1.00 bits per heavy atom. The number of carboxylic acid groups (broad SMARTS) is 1. The molecule has 0 amide bonds. The lowest BCUT2D eigenvalue weighted by molar-refractivity contribution is -0.154. The second kappa shape index (κ2) is 4.16. The Morgan fingerprint density at radius 3 is 2.00 bits per heavy atom. The molecule has 0 saturated heterocycles. The summed E-state index contributed by atoms with van der Waals surface area (Å²) < 4.78 is 0. The van der Waals surface area contributed by atoms with E-state index in [4.69, 9.17) is 5.11 Å². The van der Waals surface area contributed by atoms with Gasteiger partial charge in [0.15, 0.2) is 0 Å². The molecule has 0 heterocycles. The van der Waals surface area contributed by atoms with E-state index in [0.29, 0.717) is 12.8 Å². The van der Waals surface area contributed by atoms with E-state index in [9.17, 15) is 14.4 Å². The van der Waals surface area contributed by atoms with Crippen molar-refractivity contribution in [2.45, 2.75) is 32.1 Å². The molecule has 13 heavy (non-hydrogen) atoms. The summed E-state index contributed by atoms with van der Waals surface area (Å²) in [7, 11) is 0. The van der Waals surface area contributed by atoms with E-state index in [0.717, 1.165) is 19.3 Å². The monoisotopic (exact) mass is 184 g/mol. The molecule has 0 atom stereocenters. The largest absolute Gasteiger partial charge is 0.475 e. The normalized spacial score (nSPS) is 18.2. The predicted molar refractivity (Wildman–Crippen MR) is 44.2 cm³/mol. The summed E-state index contributed by atoms with van der Waals surface area (Å²) in [6.07, 6.45) is 4.24. The van der Waals surface area contributed by atoms with Gasteiger partial charge < -0.3 is 5.11 Å². The molecular formula is C9H12O4. The fourth-order valence-electron chi connectivity index (χ4n) is 1.66. The van der Waals surface area contributed by atoms with Crippen molar-refractivity contribution in [3.63, 3.8) is 0 Å². The third-order valence-electron chi connectivity index (χ3n) is 2.39. The Labute approximate surface area is 75.9 Å². The van der Waals surface area contributed by atoms with Crippen LogP contribution in [0.15, 0.2) is 0 Å². The highest BCUT2D eigenvalue weighted by Crippen LogP contribution is 2.24. The van der Waals surface area contributed by atoms with Crippen LogP contribution in [-0.4, -0.2) is 22.6 Å². The molecule has 0 bridgehead atoms. The van der Waals surface area contributed by atoms with Crippen LogP contribution in [0.1, 0.15) is 32.1 Å². The first-order valence-electron chi connectivity index (χ1n) is 4.44. The van der Waals surface area contributed by atoms with Gasteiger partial charge in [-0.05, 0) is 12.8 Å². The third-order valence-corrected chi connectivity index (χ3v) is 2.39. The van der Waals surface area contributed by atoms with Crippen LogP contribution in [0, 0.1) is 5.92 Å². The van der Waals surface area contributed by atoms with E-state index >= 15 is 0 Å². The van der Waals surface area contributed by atoms with Gasteiger partial charge in [-0.3, -0.25) is 9.59 Å². The average Bonchev–Trinajstić information content (AvgIpc) is 2.17. The Morgan fingerprint density at radius 2 is 1.54 bits per heavy atom. The minimum Gasteiger partial charge on any atom is -0.475 e. The molecule has 1 N–H and O–H groups in total. The number of rotatable bonds is 3. The maximum Gasteiger partial charge on any atom is 0.380 e. The summed E-state index contributed by atoms with van der Waals surface area (Å²) in [5.74, 6) is -3.94. The number of hydrogen-bond acceptors (Lipinski definition) is 3. The quantitative estimate of drug-likeness (QED) is 0.520. The Hall–Kier alpha value is -1.19. The van der Waals surface area contributed by atoms with E-state index in [-0.39, 0.29) is 5.92 Å². The fraction of sp³-hybridized carbons (Fsp3) is 0.667. The van der Waals surface area contributed by atoms with Gasteiger partial charge in [0.25, 0.3) is 0 Å². The molecule has 1 fully saturated rings. The van der Waals surface area contributed by atoms with Gasteiger partial charge in [-0.1, -0.05) is 19.3 Å². The smallest absolute Gasteiger partial charge is 0.380 e. The summed E-state index contributed by atoms with van der Waals surface area (Å²) in [4.78, 5) is 32.2. The minimum atomic E-state index is -1.63. The first kappa shape index (κ1) is 9.89. The third kappa shape index (κ3) is 2.37. The van der Waals surface area contributed by atoms with Gasteiger partial charge in [0.1, 0.15) is 0 Å². The van der Waals surface area contributed by atoms with Crippen molar-refractivity contribution in [1.82, 2.24) is 0 Å². The second-order valence-corrected chi connectivity index (χ2v) is 3.33. The molecule has 0 aromatic rings. The van der Waals surface area contributed by atoms with Crippen LogP contribution in [0.5, 0.6) is 0 Å². The summed E-state index contributed by atoms with van der Waals surface area (Å²) in [6.45, 7) is 0. The number of carboxylic acids is 1. The number of carbonyl (C=O) groups is 3. The highest BCUT2D eigenvalue weighted by molar-refractivity contribution is 6.62. The van der Waals surface area contributed by atoms with Crippen molar-refractivity contribution in [2.75, 3.05) is 0 Å². The number of ketones is 2. The van der Waals surface area contributed by atoms with Gasteiger partial charge in [-0.2, -0.15) is 0 Å². The Balaban J connectivity index is 2.55. The van der Waals surface area contributed by atoms with Crippen molar-refractivity contribution in [3.05, 3.63) is 0 Å². The lowest BCUT2D eigenvalue weighted by Crippen LogP contribution is -2.30. The van der Waals surface area contributed by atoms with Gasteiger partial charge in [0, 0.05) is 5.92 Å². The molecule has 1 rings (SSSR count). The lowest BCUT2D eigenvalue weighted by Gasteiger charge is -2.18. The average molecular weight is 184 g/mol. The van der Waals surface area contributed by atoms with E-state index in [1.54, 1.807) is 0 Å². The maximum absolute atomic E-state index is 11.2. The number of carbonyl (C=O) groups excluding carboxylic acids is 2. The molecule has 72 valence electrons. The molecule has 1 aliphatic rings. The standard InChI is InChI=1S/C9H12O4/c10-7(8(11)9(12)13)6-4-2-1-3-5-6/h6H,1-5H2,(H,12,13). The van der Waals surface area contributed by atoms with Crippen molar-refractivity contribution in [2.24, 2.45) is 5.92 Å². The maximum atomic E-state index is 11.2. The fourth-order valence-corrected chi connectivity index (χ4v) is 1.66. The molecule has 0 aliphatic heterocycles. The van der Waals surface area contributed by atoms with Gasteiger partial charge in [0.2, 0.25) is 5.78 Å². The topological polar surface area (TPSA) is 71.4 Å². The highest BCUT2D eigenvalue weighted by atomic mass is 16.4. The van der Waals surface area contributed by atoms with Gasteiger partial charge in [0.05, 0.1) is 0 Å². The van der Waals surface area contributed by atoms with E-state index in [2.05, 4.69) is 0 Å². The van der Waals surface area contributed by atoms with Crippen LogP contribution in [0.2, 0.25) is 0 Å². The number of hydrogen-bond donors (Lipinski definition) is 1. The molecule has 0 spiro atoms. The molecule has 0 radical (unpaired) electrons. The SMILES string of the molecule is O=C(O)C(=O)C(=O)C1CCCCC1. The van der Waals surface area contributed by atoms with Crippen LogP contribution in [-0.2, 0) is 14.4 Å². The van der Waals surface area contributed by atoms with Crippen molar-refractivity contribution >= 4 is 17.5 Å². The van der Waals surface area contributed by atoms with Gasteiger partial charge in [-0.15, -0.1) is 0 Å². The Kier molecular flexibility index (Phi) is 3.17. The van der Waals surface area contributed by atoms with Crippen LogP contribution in [0.3, 0.4) is 0 Å². The number of aliphatic carboxylic acids is 1. The van der Waals surface area contributed by atoms with Crippen LogP contribution in [0.4, 0.5) is 0 Å². The van der Waals surface area contributed by atoms with Crippen LogP contribution < -0.4 is 0 Å². The van der Waals surface area contributed by atoms with Gasteiger partial charge in [-0.25, -0.2) is 4.79 Å². The van der Waals surface area contributed by atoms with E-state index in [1.807, 2.05) is 0 Å². The van der Waals surface area contributed by atoms with Crippen molar-refractivity contribution in [1.29, 1.82) is 0 Å². The lowest BCUT2D eigenvalue weighted by atomic mass is 9.85. The zero-order chi connectivity index (χ0) is 9.84. The van der Waals surface area contributed by atoms with E-state index < -0.39 is 17.5 Å². The Bertz CT molecular complexity index is 238. The molecule has 1 aliphatic carbocycles. The summed E-state index contributed by atoms with van der Waals surface area (Å²) in [5, 5.41) is 8.31. The first-order chi connectivity index (χ1) is 6.13. The molecular weight excluding hydrogens is 172 g/mol. The molecule has 0 unspecified atom stereocenters. The second-order valence-electron chi connectivity index (χ2n) is 3.33. The highest BCUT2D eigenvalue weighted by Gasteiger charge is 2.30. The summed E-state index contributed by atoms with van der Waals surface area (Å²) >= 11 is 0. The summed E-state index contributed by atoms with van der Waals surface area (Å²) in [5.41, 5.74) is 0.